The lowest BCUT2D eigenvalue weighted by Gasteiger charge is -2.73. The predicted molar refractivity (Wildman–Crippen MR) is 164 cm³/mol. The highest BCUT2D eigenvalue weighted by atomic mass is 79.9. The van der Waals surface area contributed by atoms with Crippen LogP contribution in [0.5, 0.6) is 0 Å². The Labute approximate surface area is 247 Å². The normalized spacial score (nSPS) is 48.3. The first-order valence-corrected chi connectivity index (χ1v) is 17.4. The van der Waals surface area contributed by atoms with Crippen molar-refractivity contribution in [2.24, 2.45) is 56.7 Å². The van der Waals surface area contributed by atoms with Gasteiger partial charge in [-0.2, -0.15) is 0 Å². The van der Waals surface area contributed by atoms with Gasteiger partial charge in [0, 0.05) is 17.2 Å². The molecule has 0 aliphatic heterocycles. The van der Waals surface area contributed by atoms with Gasteiger partial charge in [-0.25, -0.2) is 0 Å². The van der Waals surface area contributed by atoms with E-state index in [1.165, 1.54) is 63.4 Å². The average Bonchev–Trinajstić information content (AvgIpc) is 3.26. The van der Waals surface area contributed by atoms with Crippen molar-refractivity contribution in [1.29, 1.82) is 0 Å². The number of unbranched alkanes of at least 4 members (excludes halogenated alkanes) is 1. The van der Waals surface area contributed by atoms with Crippen LogP contribution in [0.3, 0.4) is 0 Å². The van der Waals surface area contributed by atoms with E-state index in [9.17, 15) is 9.90 Å². The lowest BCUT2D eigenvalue weighted by atomic mass is 9.32. The van der Waals surface area contributed by atoms with Crippen LogP contribution >= 0.6 is 15.9 Å². The summed E-state index contributed by atoms with van der Waals surface area (Å²) in [5.41, 5.74) is 2.41. The van der Waals surface area contributed by atoms with Crippen molar-refractivity contribution in [3.05, 3.63) is 12.2 Å². The Morgan fingerprint density at radius 3 is 2.33 bits per heavy atom. The topological polar surface area (TPSA) is 46.5 Å². The Morgan fingerprint density at radius 2 is 1.64 bits per heavy atom. The highest BCUT2D eigenvalue weighted by molar-refractivity contribution is 9.09. The minimum absolute atomic E-state index is 0.000188. The van der Waals surface area contributed by atoms with Crippen molar-refractivity contribution in [3.63, 3.8) is 0 Å². The number of carbonyl (C=O) groups is 1. The highest BCUT2D eigenvalue weighted by Crippen LogP contribution is 2.77. The molecule has 5 saturated carbocycles. The first-order valence-electron chi connectivity index (χ1n) is 16.3. The lowest BCUT2D eigenvalue weighted by molar-refractivity contribution is -0.250. The van der Waals surface area contributed by atoms with E-state index in [0.717, 1.165) is 30.5 Å². The number of aliphatic hydroxyl groups is 1. The molecule has 5 aliphatic carbocycles. The third-order valence-electron chi connectivity index (χ3n) is 14.5. The zero-order valence-electron chi connectivity index (χ0n) is 25.9. The molecule has 0 heterocycles. The monoisotopic (exact) mass is 604 g/mol. The summed E-state index contributed by atoms with van der Waals surface area (Å²) < 4.78 is 6.12. The minimum Gasteiger partial charge on any atom is -0.465 e. The molecule has 0 bridgehead atoms. The second kappa shape index (κ2) is 10.4. The molecule has 0 unspecified atom stereocenters. The first-order chi connectivity index (χ1) is 18.3. The van der Waals surface area contributed by atoms with Gasteiger partial charge in [-0.15, -0.1) is 0 Å². The molecule has 0 aromatic heterocycles. The summed E-state index contributed by atoms with van der Waals surface area (Å²) in [4.78, 5) is 12.7. The molecule has 5 aliphatic rings. The second-order valence-corrected chi connectivity index (χ2v) is 17.0. The van der Waals surface area contributed by atoms with Gasteiger partial charge in [0.25, 0.3) is 0 Å². The molecule has 5 rings (SSSR count). The van der Waals surface area contributed by atoms with Crippen molar-refractivity contribution in [2.75, 3.05) is 11.9 Å². The van der Waals surface area contributed by atoms with Crippen molar-refractivity contribution in [2.45, 2.75) is 131 Å². The second-order valence-electron chi connectivity index (χ2n) is 16.2. The Hall–Kier alpha value is -0.350. The van der Waals surface area contributed by atoms with Gasteiger partial charge in [0.15, 0.2) is 0 Å². The summed E-state index contributed by atoms with van der Waals surface area (Å²) in [5.74, 6) is 3.13. The van der Waals surface area contributed by atoms with Crippen LogP contribution in [0.15, 0.2) is 12.2 Å². The number of esters is 1. The number of allylic oxidation sites excluding steroid dienone is 1. The number of fused-ring (bicyclic) bond motifs is 7. The van der Waals surface area contributed by atoms with Crippen molar-refractivity contribution in [1.82, 2.24) is 0 Å². The molecule has 39 heavy (non-hydrogen) atoms. The van der Waals surface area contributed by atoms with Crippen molar-refractivity contribution in [3.8, 4) is 0 Å². The molecule has 0 radical (unpaired) electrons. The maximum absolute atomic E-state index is 12.7. The van der Waals surface area contributed by atoms with E-state index in [4.69, 9.17) is 4.74 Å². The number of hydrogen-bond donors (Lipinski definition) is 1. The van der Waals surface area contributed by atoms with E-state index in [1.807, 2.05) is 0 Å². The van der Waals surface area contributed by atoms with E-state index >= 15 is 0 Å². The Balaban J connectivity index is 1.44. The van der Waals surface area contributed by atoms with E-state index < -0.39 is 0 Å². The smallest absolute Gasteiger partial charge is 0.305 e. The molecular formula is C35H57BrO3. The van der Waals surface area contributed by atoms with Crippen LogP contribution in [-0.2, 0) is 9.53 Å². The van der Waals surface area contributed by atoms with Gasteiger partial charge >= 0.3 is 5.97 Å². The molecule has 0 aromatic rings. The molecule has 0 spiro atoms. The molecule has 0 saturated heterocycles. The maximum Gasteiger partial charge on any atom is 0.305 e. The minimum atomic E-state index is -0.167. The molecule has 3 nitrogen and oxygen atoms in total. The Morgan fingerprint density at radius 1 is 0.897 bits per heavy atom. The van der Waals surface area contributed by atoms with Gasteiger partial charge in [0.05, 0.1) is 12.7 Å². The van der Waals surface area contributed by atoms with Crippen LogP contribution in [0.25, 0.3) is 0 Å². The summed E-state index contributed by atoms with van der Waals surface area (Å²) in [6, 6.07) is 0. The molecule has 4 heteroatoms. The highest BCUT2D eigenvalue weighted by Gasteiger charge is 2.70. The van der Waals surface area contributed by atoms with E-state index in [-0.39, 0.29) is 22.9 Å². The SMILES string of the molecule is C=C(C)[C@@H]1CC[C@]2(COC(=O)CCCCBr)CC[C@]3(C)[C@H](CC[C@@H]4[C@@]5(C)CC[C@H](O)C(C)(C)[C@@H]5CC[C@]43C)[C@@H]12. The Bertz CT molecular complexity index is 960. The predicted octanol–water partition coefficient (Wildman–Crippen LogP) is 9.11. The fourth-order valence-electron chi connectivity index (χ4n) is 12.2. The van der Waals surface area contributed by atoms with Crippen molar-refractivity contribution >= 4 is 21.9 Å². The van der Waals surface area contributed by atoms with Crippen LogP contribution in [0.1, 0.15) is 125 Å². The van der Waals surface area contributed by atoms with E-state index in [2.05, 4.69) is 64.1 Å². The van der Waals surface area contributed by atoms with Crippen LogP contribution in [-0.4, -0.2) is 29.1 Å². The van der Waals surface area contributed by atoms with Gasteiger partial charge in [-0.3, -0.25) is 4.79 Å². The fourth-order valence-corrected chi connectivity index (χ4v) is 12.6. The van der Waals surface area contributed by atoms with Gasteiger partial charge in [-0.05, 0) is 135 Å². The number of hydrogen-bond acceptors (Lipinski definition) is 3. The van der Waals surface area contributed by atoms with E-state index in [1.54, 1.807) is 0 Å². The van der Waals surface area contributed by atoms with E-state index in [0.29, 0.717) is 52.9 Å². The third kappa shape index (κ3) is 4.45. The quantitative estimate of drug-likeness (QED) is 0.136. The van der Waals surface area contributed by atoms with Gasteiger partial charge in [0.1, 0.15) is 0 Å². The molecule has 5 fully saturated rings. The largest absolute Gasteiger partial charge is 0.465 e. The number of alkyl halides is 1. The fraction of sp³-hybridized carbons (Fsp3) is 0.914. The van der Waals surface area contributed by atoms with Crippen LogP contribution in [0.4, 0.5) is 0 Å². The summed E-state index contributed by atoms with van der Waals surface area (Å²) in [5, 5.41) is 12.0. The molecule has 0 amide bonds. The molecular weight excluding hydrogens is 548 g/mol. The zero-order chi connectivity index (χ0) is 28.4. The number of halogens is 1. The number of carbonyl (C=O) groups excluding carboxylic acids is 1. The Kier molecular flexibility index (Phi) is 8.05. The van der Waals surface area contributed by atoms with Gasteiger partial charge in [-0.1, -0.05) is 62.7 Å². The van der Waals surface area contributed by atoms with Crippen LogP contribution in [0.2, 0.25) is 0 Å². The standard InChI is InChI=1S/C35H57BrO3/c1-23(2)24-13-18-35(22-39-29(38)10-8-9-21-36)20-19-33(6)25(30(24)35)11-12-27-32(5)16-15-28(37)31(3,4)26(32)14-17-34(27,33)7/h24-28,30,37H,1,8-22H2,2-7H3/t24-,25+,26-,27+,28-,30+,32-,33+,34+,35+/m0/s1. The third-order valence-corrected chi connectivity index (χ3v) is 15.1. The number of ether oxygens (including phenoxy) is 1. The van der Waals surface area contributed by atoms with Crippen molar-refractivity contribution < 1.29 is 14.6 Å². The number of aliphatic hydroxyl groups excluding tert-OH is 1. The van der Waals surface area contributed by atoms with Gasteiger partial charge in [0.2, 0.25) is 0 Å². The summed E-state index contributed by atoms with van der Waals surface area (Å²) in [6.45, 7) is 20.1. The zero-order valence-corrected chi connectivity index (χ0v) is 27.5. The summed E-state index contributed by atoms with van der Waals surface area (Å²) in [6.07, 6.45) is 14.4. The molecule has 1 N–H and O–H groups in total. The first kappa shape index (κ1) is 30.1. The molecule has 10 atom stereocenters. The number of rotatable bonds is 7. The van der Waals surface area contributed by atoms with Crippen LogP contribution < -0.4 is 0 Å². The average molecular weight is 606 g/mol. The lowest BCUT2D eigenvalue weighted by Crippen LogP contribution is -2.66. The maximum atomic E-state index is 12.7. The summed E-state index contributed by atoms with van der Waals surface area (Å²) >= 11 is 3.48. The van der Waals surface area contributed by atoms with Crippen LogP contribution in [0, 0.1) is 56.7 Å². The molecule has 222 valence electrons. The molecule has 0 aromatic carbocycles. The van der Waals surface area contributed by atoms with Gasteiger partial charge < -0.3 is 9.84 Å². The summed E-state index contributed by atoms with van der Waals surface area (Å²) in [7, 11) is 0.